The topological polar surface area (TPSA) is 49.4 Å². The third-order valence-corrected chi connectivity index (χ3v) is 6.48. The Balaban J connectivity index is 1.87. The lowest BCUT2D eigenvalue weighted by Gasteiger charge is -2.33. The zero-order valence-electron chi connectivity index (χ0n) is 18.4. The molecule has 0 unspecified atom stereocenters. The first-order chi connectivity index (χ1) is 15.1. The predicted octanol–water partition coefficient (Wildman–Crippen LogP) is 5.64. The molecule has 2 aromatic carbocycles. The summed E-state index contributed by atoms with van der Waals surface area (Å²) in [5.41, 5.74) is 2.09. The molecule has 0 heterocycles. The number of amides is 2. The molecule has 31 heavy (non-hydrogen) atoms. The first-order valence-electron chi connectivity index (χ1n) is 11.4. The number of carbonyl (C=O) groups is 2. The van der Waals surface area contributed by atoms with E-state index in [-0.39, 0.29) is 17.9 Å². The Morgan fingerprint density at radius 3 is 2.32 bits per heavy atom. The minimum Gasteiger partial charge on any atom is -0.352 e. The van der Waals surface area contributed by atoms with Crippen LogP contribution in [0.1, 0.15) is 63.0 Å². The van der Waals surface area contributed by atoms with E-state index in [0.717, 1.165) is 47.7 Å². The van der Waals surface area contributed by atoms with Gasteiger partial charge in [-0.25, -0.2) is 0 Å². The maximum atomic E-state index is 13.5. The first-order valence-corrected chi connectivity index (χ1v) is 12.2. The summed E-state index contributed by atoms with van der Waals surface area (Å²) in [7, 11) is 0. The standard InChI is InChI=1S/C26H33BrN2O2/c1-2-9-25(30)29(19-21-14-16-22(27)17-15-21)24(18-20-10-5-3-6-11-20)26(31)28-23-12-7-4-8-13-23/h3,5-6,10-11,14-17,23-24H,2,4,7-9,12-13,18-19H2,1H3,(H,28,31)/t24-/m0/s1. The number of nitrogens with one attached hydrogen (secondary N) is 1. The van der Waals surface area contributed by atoms with E-state index in [1.807, 2.05) is 61.5 Å². The second-order valence-electron chi connectivity index (χ2n) is 8.45. The van der Waals surface area contributed by atoms with Crippen LogP contribution in [-0.2, 0) is 22.6 Å². The maximum absolute atomic E-state index is 13.5. The highest BCUT2D eigenvalue weighted by Gasteiger charge is 2.31. The molecular weight excluding hydrogens is 452 g/mol. The number of hydrogen-bond donors (Lipinski definition) is 1. The summed E-state index contributed by atoms with van der Waals surface area (Å²) >= 11 is 3.47. The quantitative estimate of drug-likeness (QED) is 0.500. The SMILES string of the molecule is CCCC(=O)N(Cc1ccc(Br)cc1)[C@@H](Cc1ccccc1)C(=O)NC1CCCCC1. The van der Waals surface area contributed by atoms with Gasteiger partial charge in [-0.05, 0) is 42.5 Å². The smallest absolute Gasteiger partial charge is 0.243 e. The van der Waals surface area contributed by atoms with Crippen molar-refractivity contribution in [3.8, 4) is 0 Å². The maximum Gasteiger partial charge on any atom is 0.243 e. The molecule has 1 atom stereocenters. The summed E-state index contributed by atoms with van der Waals surface area (Å²) in [6.45, 7) is 2.44. The number of rotatable bonds is 9. The second-order valence-corrected chi connectivity index (χ2v) is 9.36. The first kappa shape index (κ1) is 23.5. The van der Waals surface area contributed by atoms with Crippen LogP contribution in [0.5, 0.6) is 0 Å². The fourth-order valence-electron chi connectivity index (χ4n) is 4.24. The number of nitrogens with zero attached hydrogens (tertiary/aromatic N) is 1. The van der Waals surface area contributed by atoms with Crippen molar-refractivity contribution in [3.05, 3.63) is 70.2 Å². The molecule has 166 valence electrons. The summed E-state index contributed by atoms with van der Waals surface area (Å²) in [6, 6.07) is 17.7. The molecule has 0 saturated heterocycles. The van der Waals surface area contributed by atoms with Crippen LogP contribution in [0.25, 0.3) is 0 Å². The summed E-state index contributed by atoms with van der Waals surface area (Å²) in [6.07, 6.45) is 7.34. The largest absolute Gasteiger partial charge is 0.352 e. The van der Waals surface area contributed by atoms with Gasteiger partial charge >= 0.3 is 0 Å². The van der Waals surface area contributed by atoms with E-state index in [0.29, 0.717) is 19.4 Å². The van der Waals surface area contributed by atoms with Crippen molar-refractivity contribution in [2.24, 2.45) is 0 Å². The van der Waals surface area contributed by atoms with Gasteiger partial charge in [-0.15, -0.1) is 0 Å². The van der Waals surface area contributed by atoms with Gasteiger partial charge < -0.3 is 10.2 Å². The lowest BCUT2D eigenvalue weighted by Crippen LogP contribution is -2.52. The van der Waals surface area contributed by atoms with Crippen LogP contribution in [0.3, 0.4) is 0 Å². The van der Waals surface area contributed by atoms with Gasteiger partial charge in [0.2, 0.25) is 11.8 Å². The van der Waals surface area contributed by atoms with Crippen molar-refractivity contribution in [1.29, 1.82) is 0 Å². The van der Waals surface area contributed by atoms with Crippen molar-refractivity contribution < 1.29 is 9.59 Å². The molecule has 1 fully saturated rings. The van der Waals surface area contributed by atoms with Gasteiger partial charge in [0.05, 0.1) is 0 Å². The van der Waals surface area contributed by atoms with Gasteiger partial charge in [0.1, 0.15) is 6.04 Å². The molecule has 1 N–H and O–H groups in total. The molecule has 1 saturated carbocycles. The zero-order chi connectivity index (χ0) is 22.1. The van der Waals surface area contributed by atoms with Gasteiger partial charge in [0.25, 0.3) is 0 Å². The third kappa shape index (κ3) is 7.20. The van der Waals surface area contributed by atoms with Crippen molar-refractivity contribution in [1.82, 2.24) is 10.2 Å². The molecular formula is C26H33BrN2O2. The highest BCUT2D eigenvalue weighted by molar-refractivity contribution is 9.10. The Hall–Kier alpha value is -2.14. The lowest BCUT2D eigenvalue weighted by molar-refractivity contribution is -0.141. The van der Waals surface area contributed by atoms with Gasteiger partial charge in [-0.3, -0.25) is 9.59 Å². The van der Waals surface area contributed by atoms with E-state index < -0.39 is 6.04 Å². The summed E-state index contributed by atoms with van der Waals surface area (Å²) in [4.78, 5) is 28.5. The molecule has 5 heteroatoms. The molecule has 2 aromatic rings. The third-order valence-electron chi connectivity index (χ3n) is 5.95. The van der Waals surface area contributed by atoms with Crippen molar-refractivity contribution in [3.63, 3.8) is 0 Å². The lowest BCUT2D eigenvalue weighted by atomic mass is 9.94. The van der Waals surface area contributed by atoms with Crippen LogP contribution in [0, 0.1) is 0 Å². The molecule has 0 bridgehead atoms. The van der Waals surface area contributed by atoms with Crippen LogP contribution >= 0.6 is 15.9 Å². The number of hydrogen-bond acceptors (Lipinski definition) is 2. The van der Waals surface area contributed by atoms with Gasteiger partial charge in [0, 0.05) is 29.9 Å². The zero-order valence-corrected chi connectivity index (χ0v) is 19.9. The molecule has 3 rings (SSSR count). The fraction of sp³-hybridized carbons (Fsp3) is 0.462. The minimum absolute atomic E-state index is 0.0303. The Labute approximate surface area is 194 Å². The number of benzene rings is 2. The van der Waals surface area contributed by atoms with Crippen LogP contribution in [0.4, 0.5) is 0 Å². The van der Waals surface area contributed by atoms with E-state index >= 15 is 0 Å². The Kier molecular flexibility index (Phi) is 9.13. The molecule has 4 nitrogen and oxygen atoms in total. The average Bonchev–Trinajstić information content (AvgIpc) is 2.79. The van der Waals surface area contributed by atoms with Crippen LogP contribution in [0.15, 0.2) is 59.1 Å². The molecule has 0 radical (unpaired) electrons. The summed E-state index contributed by atoms with van der Waals surface area (Å²) in [5, 5.41) is 3.27. The van der Waals surface area contributed by atoms with E-state index in [1.54, 1.807) is 4.90 Å². The molecule has 0 spiro atoms. The van der Waals surface area contributed by atoms with E-state index in [1.165, 1.54) is 6.42 Å². The monoisotopic (exact) mass is 484 g/mol. The van der Waals surface area contributed by atoms with Gasteiger partial charge in [-0.2, -0.15) is 0 Å². The highest BCUT2D eigenvalue weighted by atomic mass is 79.9. The summed E-state index contributed by atoms with van der Waals surface area (Å²) in [5.74, 6) is 0.00228. The van der Waals surface area contributed by atoms with Crippen molar-refractivity contribution in [2.45, 2.75) is 76.9 Å². The molecule has 1 aliphatic rings. The van der Waals surface area contributed by atoms with E-state index in [2.05, 4.69) is 21.2 Å². The van der Waals surface area contributed by atoms with Crippen molar-refractivity contribution >= 4 is 27.7 Å². The molecule has 0 aromatic heterocycles. The fourth-order valence-corrected chi connectivity index (χ4v) is 4.51. The number of halogens is 1. The normalized spacial score (nSPS) is 15.3. The Bertz CT molecular complexity index is 832. The van der Waals surface area contributed by atoms with Gasteiger partial charge in [-0.1, -0.05) is 84.6 Å². The van der Waals surface area contributed by atoms with Gasteiger partial charge in [0.15, 0.2) is 0 Å². The van der Waals surface area contributed by atoms with E-state index in [9.17, 15) is 9.59 Å². The van der Waals surface area contributed by atoms with Crippen LogP contribution < -0.4 is 5.32 Å². The molecule has 1 aliphatic carbocycles. The van der Waals surface area contributed by atoms with Crippen molar-refractivity contribution in [2.75, 3.05) is 0 Å². The number of carbonyl (C=O) groups excluding carboxylic acids is 2. The highest BCUT2D eigenvalue weighted by Crippen LogP contribution is 2.21. The van der Waals surface area contributed by atoms with Crippen LogP contribution in [-0.4, -0.2) is 28.8 Å². The Morgan fingerprint density at radius 2 is 1.68 bits per heavy atom. The molecule has 2 amide bonds. The summed E-state index contributed by atoms with van der Waals surface area (Å²) < 4.78 is 0.999. The average molecular weight is 485 g/mol. The van der Waals surface area contributed by atoms with E-state index in [4.69, 9.17) is 0 Å². The van der Waals surface area contributed by atoms with Crippen LogP contribution in [0.2, 0.25) is 0 Å². The second kappa shape index (κ2) is 12.0. The molecule has 0 aliphatic heterocycles. The predicted molar refractivity (Wildman–Crippen MR) is 129 cm³/mol. The Morgan fingerprint density at radius 1 is 1.00 bits per heavy atom. The minimum atomic E-state index is -0.521.